The van der Waals surface area contributed by atoms with Gasteiger partial charge in [-0.2, -0.15) is 0 Å². The summed E-state index contributed by atoms with van der Waals surface area (Å²) in [5.41, 5.74) is 0. The lowest BCUT2D eigenvalue weighted by Gasteiger charge is -2.12. The van der Waals surface area contributed by atoms with Crippen molar-refractivity contribution in [2.75, 3.05) is 39.8 Å². The maximum atomic E-state index is 8.39. The molecule has 0 amide bonds. The van der Waals surface area contributed by atoms with Gasteiger partial charge in [0.25, 0.3) is 0 Å². The number of likely N-dealkylation sites (N-methyl/N-ethyl adjacent to an activating group) is 1. The van der Waals surface area contributed by atoms with Crippen molar-refractivity contribution in [2.45, 2.75) is 0 Å². The van der Waals surface area contributed by atoms with Crippen LogP contribution < -0.4 is 5.32 Å². The van der Waals surface area contributed by atoms with E-state index in [2.05, 4.69) is 5.32 Å². The molecule has 10 heavy (non-hydrogen) atoms. The molecule has 2 N–H and O–H groups in total. The molecule has 0 saturated heterocycles. The van der Waals surface area contributed by atoms with Crippen LogP contribution in [0.5, 0.6) is 0 Å². The van der Waals surface area contributed by atoms with Crippen LogP contribution in [-0.2, 0) is 0 Å². The molecule has 0 rings (SSSR count). The van der Waals surface area contributed by atoms with Gasteiger partial charge in [-0.3, -0.25) is 0 Å². The maximum absolute atomic E-state index is 8.39. The Hall–Kier alpha value is -0.120. The predicted octanol–water partition coefficient (Wildman–Crippen LogP) is -0.789. The van der Waals surface area contributed by atoms with E-state index in [1.165, 1.54) is 0 Å². The molecule has 0 aliphatic heterocycles. The summed E-state index contributed by atoms with van der Waals surface area (Å²) >= 11 is 0. The van der Waals surface area contributed by atoms with Crippen molar-refractivity contribution in [3.63, 3.8) is 0 Å². The first-order valence-electron chi connectivity index (χ1n) is 3.51. The zero-order chi connectivity index (χ0) is 7.82. The molecule has 3 nitrogen and oxygen atoms in total. The Kier molecular flexibility index (Phi) is 6.91. The molecule has 3 heteroatoms. The van der Waals surface area contributed by atoms with Crippen molar-refractivity contribution < 1.29 is 5.11 Å². The molecule has 0 fully saturated rings. The van der Waals surface area contributed by atoms with E-state index in [0.717, 1.165) is 13.1 Å². The van der Waals surface area contributed by atoms with Gasteiger partial charge in [0.05, 0.1) is 6.61 Å². The van der Waals surface area contributed by atoms with E-state index in [1.807, 2.05) is 11.9 Å². The number of nitrogens with zero attached hydrogens (tertiary/aromatic N) is 1. The number of aliphatic hydroxyl groups excluding tert-OH is 1. The molecule has 0 spiro atoms. The monoisotopic (exact) mass is 144 g/mol. The fraction of sp³-hybridized carbons (Fsp3) is 0.857. The van der Waals surface area contributed by atoms with E-state index in [4.69, 9.17) is 12.0 Å². The quantitative estimate of drug-likeness (QED) is 0.480. The summed E-state index contributed by atoms with van der Waals surface area (Å²) in [6, 6.07) is 0. The first-order valence-corrected chi connectivity index (χ1v) is 3.51. The van der Waals surface area contributed by atoms with Crippen LogP contribution in [0.25, 0.3) is 0 Å². The van der Waals surface area contributed by atoms with Crippen molar-refractivity contribution in [1.82, 2.24) is 10.2 Å². The van der Waals surface area contributed by atoms with Crippen LogP contribution in [0.2, 0.25) is 0 Å². The fourth-order valence-corrected chi connectivity index (χ4v) is 0.565. The Morgan fingerprint density at radius 3 is 2.70 bits per heavy atom. The predicted molar refractivity (Wildman–Crippen MR) is 41.8 cm³/mol. The molecule has 0 unspecified atom stereocenters. The highest BCUT2D eigenvalue weighted by Crippen LogP contribution is 1.76. The van der Waals surface area contributed by atoms with Crippen LogP contribution in [0, 0.1) is 6.92 Å². The van der Waals surface area contributed by atoms with Gasteiger partial charge in [0, 0.05) is 26.2 Å². The van der Waals surface area contributed by atoms with Gasteiger partial charge in [-0.1, -0.05) is 0 Å². The van der Waals surface area contributed by atoms with Gasteiger partial charge >= 0.3 is 0 Å². The number of hydrogen-bond donors (Lipinski definition) is 2. The summed E-state index contributed by atoms with van der Waals surface area (Å²) in [7, 11) is 1.96. The second kappa shape index (κ2) is 6.99. The fourth-order valence-electron chi connectivity index (χ4n) is 0.565. The number of nitrogens with one attached hydrogen (secondary N) is 1. The Morgan fingerprint density at radius 1 is 1.50 bits per heavy atom. The second-order valence-electron chi connectivity index (χ2n) is 2.24. The van der Waals surface area contributed by atoms with Crippen LogP contribution in [0.3, 0.4) is 0 Å². The molecule has 0 aliphatic carbocycles. The molecule has 0 heterocycles. The third kappa shape index (κ3) is 6.01. The lowest BCUT2D eigenvalue weighted by molar-refractivity contribution is 0.286. The van der Waals surface area contributed by atoms with Gasteiger partial charge in [-0.25, -0.2) is 0 Å². The molecule has 60 valence electrons. The Labute approximate surface area is 63.0 Å². The third-order valence-corrected chi connectivity index (χ3v) is 1.27. The molecular weight excluding hydrogens is 128 g/mol. The lowest BCUT2D eigenvalue weighted by Crippen LogP contribution is -2.30. The Morgan fingerprint density at radius 2 is 2.20 bits per heavy atom. The average Bonchev–Trinajstić information content (AvgIpc) is 1.98. The molecule has 0 bridgehead atoms. The van der Waals surface area contributed by atoms with Crippen LogP contribution >= 0.6 is 0 Å². The van der Waals surface area contributed by atoms with Crippen LogP contribution in [0.15, 0.2) is 0 Å². The zero-order valence-electron chi connectivity index (χ0n) is 6.51. The SMILES string of the molecule is [CH]CN(C)CCNCCO. The van der Waals surface area contributed by atoms with Gasteiger partial charge in [0.2, 0.25) is 0 Å². The van der Waals surface area contributed by atoms with Gasteiger partial charge in [0.1, 0.15) is 0 Å². The van der Waals surface area contributed by atoms with Crippen molar-refractivity contribution in [3.05, 3.63) is 6.92 Å². The van der Waals surface area contributed by atoms with E-state index in [9.17, 15) is 0 Å². The van der Waals surface area contributed by atoms with Crippen LogP contribution in [-0.4, -0.2) is 49.8 Å². The highest BCUT2D eigenvalue weighted by Gasteiger charge is 1.91. The summed E-state index contributed by atoms with van der Waals surface area (Å²) in [5, 5.41) is 11.4. The highest BCUT2D eigenvalue weighted by atomic mass is 16.3. The van der Waals surface area contributed by atoms with Crippen LogP contribution in [0.4, 0.5) is 0 Å². The molecule has 0 aliphatic rings. The van der Waals surface area contributed by atoms with E-state index in [1.54, 1.807) is 0 Å². The van der Waals surface area contributed by atoms with E-state index in [0.29, 0.717) is 13.1 Å². The first kappa shape index (κ1) is 9.88. The maximum Gasteiger partial charge on any atom is 0.0555 e. The molecule has 0 aromatic carbocycles. The molecule has 2 radical (unpaired) electrons. The third-order valence-electron chi connectivity index (χ3n) is 1.27. The van der Waals surface area contributed by atoms with E-state index in [-0.39, 0.29) is 6.61 Å². The summed E-state index contributed by atoms with van der Waals surface area (Å²) in [4.78, 5) is 2.00. The summed E-state index contributed by atoms with van der Waals surface area (Å²) in [6.45, 7) is 8.60. The molecule has 0 aromatic rings. The van der Waals surface area contributed by atoms with Crippen molar-refractivity contribution in [1.29, 1.82) is 0 Å². The molecule has 0 aromatic heterocycles. The van der Waals surface area contributed by atoms with E-state index < -0.39 is 0 Å². The highest BCUT2D eigenvalue weighted by molar-refractivity contribution is 4.54. The minimum atomic E-state index is 0.201. The number of rotatable bonds is 6. The molecule has 0 saturated carbocycles. The van der Waals surface area contributed by atoms with Gasteiger partial charge in [-0.05, 0) is 14.0 Å². The zero-order valence-corrected chi connectivity index (χ0v) is 6.51. The second-order valence-corrected chi connectivity index (χ2v) is 2.24. The van der Waals surface area contributed by atoms with Gasteiger partial charge < -0.3 is 15.3 Å². The number of aliphatic hydroxyl groups is 1. The van der Waals surface area contributed by atoms with Crippen molar-refractivity contribution in [2.24, 2.45) is 0 Å². The topological polar surface area (TPSA) is 35.5 Å². The summed E-state index contributed by atoms with van der Waals surface area (Å²) in [6.07, 6.45) is 0. The van der Waals surface area contributed by atoms with E-state index >= 15 is 0 Å². The standard InChI is InChI=1S/C7H16N2O/c1-3-9(2)6-4-8-5-7-10/h1,8,10H,3-7H2,2H3. The van der Waals surface area contributed by atoms with Gasteiger partial charge in [-0.15, -0.1) is 0 Å². The van der Waals surface area contributed by atoms with Crippen molar-refractivity contribution in [3.8, 4) is 0 Å². The molecular formula is C7H16N2O. The molecule has 0 atom stereocenters. The summed E-state index contributed by atoms with van der Waals surface area (Å²) in [5.74, 6) is 0. The summed E-state index contributed by atoms with van der Waals surface area (Å²) < 4.78 is 0. The normalized spacial score (nSPS) is 10.8. The Bertz CT molecular complexity index is 68.6. The largest absolute Gasteiger partial charge is 0.395 e. The first-order chi connectivity index (χ1) is 4.81. The smallest absolute Gasteiger partial charge is 0.0555 e. The lowest BCUT2D eigenvalue weighted by atomic mass is 10.5. The number of hydrogen-bond acceptors (Lipinski definition) is 3. The van der Waals surface area contributed by atoms with Gasteiger partial charge in [0.15, 0.2) is 0 Å². The Balaban J connectivity index is 2.89. The van der Waals surface area contributed by atoms with Crippen molar-refractivity contribution >= 4 is 0 Å². The minimum Gasteiger partial charge on any atom is -0.395 e. The minimum absolute atomic E-state index is 0.201. The average molecular weight is 144 g/mol. The van der Waals surface area contributed by atoms with Crippen LogP contribution in [0.1, 0.15) is 0 Å².